The zero-order chi connectivity index (χ0) is 21.1. The van der Waals surface area contributed by atoms with E-state index in [1.165, 1.54) is 12.1 Å². The summed E-state index contributed by atoms with van der Waals surface area (Å²) < 4.78 is 14.5. The van der Waals surface area contributed by atoms with E-state index < -0.39 is 0 Å². The third kappa shape index (κ3) is 4.63. The van der Waals surface area contributed by atoms with Crippen LogP contribution in [0.3, 0.4) is 0 Å². The molecule has 0 atom stereocenters. The number of amides is 1. The first-order valence-electron chi connectivity index (χ1n) is 10.3. The number of aromatic nitrogens is 1. The van der Waals surface area contributed by atoms with Gasteiger partial charge < -0.3 is 15.1 Å². The summed E-state index contributed by atoms with van der Waals surface area (Å²) in [6, 6.07) is 10.6. The summed E-state index contributed by atoms with van der Waals surface area (Å²) >= 11 is 1.69. The van der Waals surface area contributed by atoms with Crippen molar-refractivity contribution in [2.45, 2.75) is 12.8 Å². The third-order valence-corrected chi connectivity index (χ3v) is 6.52. The first-order chi connectivity index (χ1) is 14.5. The standard InChI is InChI=1S/C23H27FN4OS/c1-27(2)13-10-25-23(29)17-7-11-28(12-8-17)21-15-20(16-3-5-18(24)6-4-16)26-19-9-14-30-22(19)21/h3-6,9,14-15,17H,7-8,10-13H2,1-2H3,(H,25,29). The summed E-state index contributed by atoms with van der Waals surface area (Å²) in [6.45, 7) is 3.22. The number of halogens is 1. The van der Waals surface area contributed by atoms with Crippen molar-refractivity contribution in [1.29, 1.82) is 0 Å². The molecule has 0 unspecified atom stereocenters. The Balaban J connectivity index is 1.49. The molecule has 0 radical (unpaired) electrons. The number of rotatable bonds is 6. The molecular formula is C23H27FN4OS. The third-order valence-electron chi connectivity index (χ3n) is 5.60. The highest BCUT2D eigenvalue weighted by molar-refractivity contribution is 7.17. The number of fused-ring (bicyclic) bond motifs is 1. The van der Waals surface area contributed by atoms with Gasteiger partial charge in [-0.1, -0.05) is 0 Å². The van der Waals surface area contributed by atoms with Crippen molar-refractivity contribution >= 4 is 33.1 Å². The Morgan fingerprint density at radius 2 is 1.97 bits per heavy atom. The lowest BCUT2D eigenvalue weighted by atomic mass is 9.95. The molecule has 3 aromatic rings. The maximum atomic E-state index is 13.3. The van der Waals surface area contributed by atoms with Crippen molar-refractivity contribution in [1.82, 2.24) is 15.2 Å². The number of piperidine rings is 1. The molecule has 0 spiro atoms. The van der Waals surface area contributed by atoms with Gasteiger partial charge in [0.25, 0.3) is 0 Å². The molecule has 1 aliphatic heterocycles. The SMILES string of the molecule is CN(C)CCNC(=O)C1CCN(c2cc(-c3ccc(F)cc3)nc3ccsc23)CC1. The summed E-state index contributed by atoms with van der Waals surface area (Å²) in [4.78, 5) is 21.7. The Kier molecular flexibility index (Phi) is 6.29. The van der Waals surface area contributed by atoms with Crippen molar-refractivity contribution in [2.24, 2.45) is 5.92 Å². The van der Waals surface area contributed by atoms with Crippen LogP contribution in [0.5, 0.6) is 0 Å². The van der Waals surface area contributed by atoms with Crippen molar-refractivity contribution < 1.29 is 9.18 Å². The fraction of sp³-hybridized carbons (Fsp3) is 0.391. The number of thiophene rings is 1. The number of carbonyl (C=O) groups excluding carboxylic acids is 1. The molecule has 1 fully saturated rings. The van der Waals surface area contributed by atoms with E-state index in [2.05, 4.69) is 26.6 Å². The number of hydrogen-bond donors (Lipinski definition) is 1. The van der Waals surface area contributed by atoms with Gasteiger partial charge in [0.1, 0.15) is 5.82 Å². The number of pyridine rings is 1. The quantitative estimate of drug-likeness (QED) is 0.647. The van der Waals surface area contributed by atoms with Crippen LogP contribution in [-0.4, -0.2) is 56.1 Å². The normalized spacial score (nSPS) is 15.1. The van der Waals surface area contributed by atoms with Crippen molar-refractivity contribution in [3.8, 4) is 11.3 Å². The van der Waals surface area contributed by atoms with E-state index in [0.717, 1.165) is 59.6 Å². The Hall–Kier alpha value is -2.51. The van der Waals surface area contributed by atoms with E-state index in [0.29, 0.717) is 6.54 Å². The van der Waals surface area contributed by atoms with Crippen LogP contribution in [0.15, 0.2) is 41.8 Å². The van der Waals surface area contributed by atoms with Crippen LogP contribution in [0.2, 0.25) is 0 Å². The molecule has 1 N–H and O–H groups in total. The maximum Gasteiger partial charge on any atom is 0.223 e. The van der Waals surface area contributed by atoms with Crippen LogP contribution in [0.1, 0.15) is 12.8 Å². The molecule has 1 saturated heterocycles. The monoisotopic (exact) mass is 426 g/mol. The fourth-order valence-electron chi connectivity index (χ4n) is 3.87. The van der Waals surface area contributed by atoms with Gasteiger partial charge in [-0.3, -0.25) is 4.79 Å². The van der Waals surface area contributed by atoms with E-state index in [1.54, 1.807) is 23.5 Å². The summed E-state index contributed by atoms with van der Waals surface area (Å²) in [5, 5.41) is 5.12. The molecule has 1 amide bonds. The Morgan fingerprint density at radius 1 is 1.23 bits per heavy atom. The van der Waals surface area contributed by atoms with Crippen molar-refractivity contribution in [3.63, 3.8) is 0 Å². The van der Waals surface area contributed by atoms with Gasteiger partial charge in [-0.25, -0.2) is 9.37 Å². The van der Waals surface area contributed by atoms with Gasteiger partial charge in [0.05, 0.1) is 21.6 Å². The van der Waals surface area contributed by atoms with E-state index >= 15 is 0 Å². The predicted octanol–water partition coefficient (Wildman–Crippen LogP) is 4.00. The minimum absolute atomic E-state index is 0.0700. The number of anilines is 1. The summed E-state index contributed by atoms with van der Waals surface area (Å²) in [5.74, 6) is -0.0124. The molecule has 1 aromatic carbocycles. The van der Waals surface area contributed by atoms with Gasteiger partial charge in [-0.2, -0.15) is 0 Å². The Morgan fingerprint density at radius 3 is 2.67 bits per heavy atom. The van der Waals surface area contributed by atoms with Crippen LogP contribution in [0.25, 0.3) is 21.5 Å². The van der Waals surface area contributed by atoms with Gasteiger partial charge >= 0.3 is 0 Å². The minimum atomic E-state index is -0.249. The number of benzene rings is 1. The van der Waals surface area contributed by atoms with Crippen LogP contribution in [0, 0.1) is 11.7 Å². The smallest absolute Gasteiger partial charge is 0.223 e. The second-order valence-corrected chi connectivity index (χ2v) is 8.94. The molecule has 3 heterocycles. The second-order valence-electron chi connectivity index (χ2n) is 8.02. The van der Waals surface area contributed by atoms with Gasteiger partial charge in [-0.15, -0.1) is 11.3 Å². The molecule has 7 heteroatoms. The molecule has 0 saturated carbocycles. The summed E-state index contributed by atoms with van der Waals surface area (Å²) in [5.41, 5.74) is 3.86. The fourth-order valence-corrected chi connectivity index (χ4v) is 4.75. The highest BCUT2D eigenvalue weighted by Crippen LogP contribution is 2.36. The zero-order valence-electron chi connectivity index (χ0n) is 17.4. The van der Waals surface area contributed by atoms with Gasteiger partial charge in [0.2, 0.25) is 5.91 Å². The molecule has 0 bridgehead atoms. The topological polar surface area (TPSA) is 48.5 Å². The number of nitrogens with one attached hydrogen (secondary N) is 1. The highest BCUT2D eigenvalue weighted by atomic mass is 32.1. The Labute approximate surface area is 180 Å². The molecule has 158 valence electrons. The van der Waals surface area contributed by atoms with E-state index in [-0.39, 0.29) is 17.6 Å². The summed E-state index contributed by atoms with van der Waals surface area (Å²) in [7, 11) is 4.01. The molecule has 5 nitrogen and oxygen atoms in total. The van der Waals surface area contributed by atoms with Crippen LogP contribution in [0.4, 0.5) is 10.1 Å². The van der Waals surface area contributed by atoms with Gasteiger partial charge in [-0.05, 0) is 68.7 Å². The lowest BCUT2D eigenvalue weighted by molar-refractivity contribution is -0.125. The molecule has 0 aliphatic carbocycles. The van der Waals surface area contributed by atoms with Crippen molar-refractivity contribution in [2.75, 3.05) is 45.2 Å². The number of likely N-dealkylation sites (N-methyl/N-ethyl adjacent to an activating group) is 1. The average Bonchev–Trinajstić information content (AvgIpc) is 3.22. The largest absolute Gasteiger partial charge is 0.370 e. The average molecular weight is 427 g/mol. The Bertz CT molecular complexity index is 1010. The lowest BCUT2D eigenvalue weighted by Gasteiger charge is -2.33. The van der Waals surface area contributed by atoms with Crippen LogP contribution in [-0.2, 0) is 4.79 Å². The first-order valence-corrected chi connectivity index (χ1v) is 11.2. The van der Waals surface area contributed by atoms with E-state index in [4.69, 9.17) is 4.98 Å². The van der Waals surface area contributed by atoms with Gasteiger partial charge in [0.15, 0.2) is 0 Å². The van der Waals surface area contributed by atoms with Crippen LogP contribution < -0.4 is 10.2 Å². The molecule has 2 aromatic heterocycles. The van der Waals surface area contributed by atoms with E-state index in [1.807, 2.05) is 20.2 Å². The van der Waals surface area contributed by atoms with E-state index in [9.17, 15) is 9.18 Å². The minimum Gasteiger partial charge on any atom is -0.370 e. The molecule has 4 rings (SSSR count). The predicted molar refractivity (Wildman–Crippen MR) is 122 cm³/mol. The molecular weight excluding hydrogens is 399 g/mol. The highest BCUT2D eigenvalue weighted by Gasteiger charge is 2.26. The second kappa shape index (κ2) is 9.10. The van der Waals surface area contributed by atoms with Gasteiger partial charge in [0, 0.05) is 37.7 Å². The molecule has 30 heavy (non-hydrogen) atoms. The van der Waals surface area contributed by atoms with Crippen LogP contribution >= 0.6 is 11.3 Å². The van der Waals surface area contributed by atoms with Crippen molar-refractivity contribution in [3.05, 3.63) is 47.6 Å². The lowest BCUT2D eigenvalue weighted by Crippen LogP contribution is -2.42. The number of hydrogen-bond acceptors (Lipinski definition) is 5. The zero-order valence-corrected chi connectivity index (χ0v) is 18.2. The maximum absolute atomic E-state index is 13.3. The summed E-state index contributed by atoms with van der Waals surface area (Å²) in [6.07, 6.45) is 1.68. The first kappa shape index (κ1) is 20.8. The molecule has 1 aliphatic rings. The number of carbonyl (C=O) groups is 1. The number of nitrogens with zero attached hydrogens (tertiary/aromatic N) is 3.